The first-order valence-corrected chi connectivity index (χ1v) is 4.52. The van der Waals surface area contributed by atoms with E-state index in [2.05, 4.69) is 13.0 Å². The van der Waals surface area contributed by atoms with E-state index in [0.717, 1.165) is 12.8 Å². The van der Waals surface area contributed by atoms with Gasteiger partial charge in [0.25, 0.3) is 0 Å². The standard InChI is InChI=1S/C10H18O2/c1-4-6-9(3)7-8-10(11)12-5-2/h6H,4-5,7-8H2,1-3H3. The van der Waals surface area contributed by atoms with E-state index in [1.807, 2.05) is 13.8 Å². The average molecular weight is 170 g/mol. The van der Waals surface area contributed by atoms with E-state index < -0.39 is 0 Å². The van der Waals surface area contributed by atoms with Crippen molar-refractivity contribution >= 4 is 5.97 Å². The molecule has 0 fully saturated rings. The molecular weight excluding hydrogens is 152 g/mol. The van der Waals surface area contributed by atoms with Gasteiger partial charge in [0.2, 0.25) is 0 Å². The Balaban J connectivity index is 3.53. The first kappa shape index (κ1) is 11.2. The summed E-state index contributed by atoms with van der Waals surface area (Å²) in [5, 5.41) is 0. The highest BCUT2D eigenvalue weighted by Crippen LogP contribution is 2.05. The van der Waals surface area contributed by atoms with Crippen molar-refractivity contribution in [2.24, 2.45) is 0 Å². The van der Waals surface area contributed by atoms with Crippen molar-refractivity contribution in [2.45, 2.75) is 40.0 Å². The molecule has 0 bridgehead atoms. The molecule has 0 amide bonds. The normalized spacial score (nSPS) is 11.4. The van der Waals surface area contributed by atoms with E-state index in [1.54, 1.807) is 0 Å². The molecule has 0 atom stereocenters. The number of allylic oxidation sites excluding steroid dienone is 2. The van der Waals surface area contributed by atoms with Crippen molar-refractivity contribution in [3.63, 3.8) is 0 Å². The van der Waals surface area contributed by atoms with Crippen molar-refractivity contribution in [1.82, 2.24) is 0 Å². The molecular formula is C10H18O2. The molecule has 0 aliphatic rings. The number of rotatable bonds is 5. The van der Waals surface area contributed by atoms with Gasteiger partial charge < -0.3 is 4.74 Å². The van der Waals surface area contributed by atoms with Gasteiger partial charge in [-0.05, 0) is 26.7 Å². The predicted octanol–water partition coefficient (Wildman–Crippen LogP) is 2.69. The highest BCUT2D eigenvalue weighted by Gasteiger charge is 2.00. The van der Waals surface area contributed by atoms with Gasteiger partial charge in [-0.25, -0.2) is 0 Å². The summed E-state index contributed by atoms with van der Waals surface area (Å²) in [5.41, 5.74) is 1.27. The minimum absolute atomic E-state index is 0.0960. The summed E-state index contributed by atoms with van der Waals surface area (Å²) in [5.74, 6) is -0.0960. The molecule has 0 spiro atoms. The van der Waals surface area contributed by atoms with Crippen LogP contribution in [0.3, 0.4) is 0 Å². The van der Waals surface area contributed by atoms with Crippen LogP contribution in [0.2, 0.25) is 0 Å². The van der Waals surface area contributed by atoms with Crippen LogP contribution in [0.4, 0.5) is 0 Å². The van der Waals surface area contributed by atoms with Crippen molar-refractivity contribution < 1.29 is 9.53 Å². The van der Waals surface area contributed by atoms with Gasteiger partial charge in [-0.2, -0.15) is 0 Å². The predicted molar refractivity (Wildman–Crippen MR) is 49.9 cm³/mol. The molecule has 0 heterocycles. The third kappa shape index (κ3) is 5.96. The number of esters is 1. The number of ether oxygens (including phenoxy) is 1. The molecule has 2 heteroatoms. The zero-order chi connectivity index (χ0) is 9.40. The lowest BCUT2D eigenvalue weighted by atomic mass is 10.1. The molecule has 0 aliphatic carbocycles. The van der Waals surface area contributed by atoms with E-state index in [4.69, 9.17) is 4.74 Å². The van der Waals surface area contributed by atoms with Crippen LogP contribution in [0.1, 0.15) is 40.0 Å². The molecule has 12 heavy (non-hydrogen) atoms. The third-order valence-electron chi connectivity index (χ3n) is 1.58. The molecule has 70 valence electrons. The number of hydrogen-bond donors (Lipinski definition) is 0. The van der Waals surface area contributed by atoms with Crippen LogP contribution in [0, 0.1) is 0 Å². The first-order chi connectivity index (χ1) is 5.70. The second kappa shape index (κ2) is 6.89. The minimum atomic E-state index is -0.0960. The quantitative estimate of drug-likeness (QED) is 0.468. The van der Waals surface area contributed by atoms with E-state index in [-0.39, 0.29) is 5.97 Å². The summed E-state index contributed by atoms with van der Waals surface area (Å²) >= 11 is 0. The maximum absolute atomic E-state index is 10.9. The van der Waals surface area contributed by atoms with Gasteiger partial charge in [-0.15, -0.1) is 0 Å². The van der Waals surface area contributed by atoms with Gasteiger partial charge in [-0.3, -0.25) is 4.79 Å². The maximum atomic E-state index is 10.9. The van der Waals surface area contributed by atoms with Gasteiger partial charge in [-0.1, -0.05) is 18.6 Å². The fourth-order valence-corrected chi connectivity index (χ4v) is 0.983. The second-order valence-electron chi connectivity index (χ2n) is 2.76. The van der Waals surface area contributed by atoms with Crippen LogP contribution in [0.15, 0.2) is 11.6 Å². The van der Waals surface area contributed by atoms with Crippen molar-refractivity contribution in [3.05, 3.63) is 11.6 Å². The fraction of sp³-hybridized carbons (Fsp3) is 0.700. The lowest BCUT2D eigenvalue weighted by Gasteiger charge is -2.01. The Hall–Kier alpha value is -0.790. The molecule has 0 aliphatic heterocycles. The zero-order valence-corrected chi connectivity index (χ0v) is 8.22. The van der Waals surface area contributed by atoms with Gasteiger partial charge in [0.15, 0.2) is 0 Å². The van der Waals surface area contributed by atoms with Crippen LogP contribution in [0.25, 0.3) is 0 Å². The SMILES string of the molecule is CCC=C(C)CCC(=O)OCC. The van der Waals surface area contributed by atoms with Crippen molar-refractivity contribution in [3.8, 4) is 0 Å². The van der Waals surface area contributed by atoms with Gasteiger partial charge in [0, 0.05) is 6.42 Å². The van der Waals surface area contributed by atoms with Crippen molar-refractivity contribution in [1.29, 1.82) is 0 Å². The molecule has 0 aromatic rings. The molecule has 0 aromatic carbocycles. The largest absolute Gasteiger partial charge is 0.466 e. The number of hydrogen-bond acceptors (Lipinski definition) is 2. The summed E-state index contributed by atoms with van der Waals surface area (Å²) in [4.78, 5) is 10.9. The Bertz CT molecular complexity index is 159. The van der Waals surface area contributed by atoms with Crippen LogP contribution in [-0.4, -0.2) is 12.6 Å². The van der Waals surface area contributed by atoms with Crippen LogP contribution in [-0.2, 0) is 9.53 Å². The van der Waals surface area contributed by atoms with E-state index in [0.29, 0.717) is 13.0 Å². The third-order valence-corrected chi connectivity index (χ3v) is 1.58. The van der Waals surface area contributed by atoms with Gasteiger partial charge >= 0.3 is 5.97 Å². The van der Waals surface area contributed by atoms with Crippen LogP contribution < -0.4 is 0 Å². The molecule has 0 aromatic heterocycles. The van der Waals surface area contributed by atoms with Crippen LogP contribution in [0.5, 0.6) is 0 Å². The Kier molecular flexibility index (Phi) is 6.44. The fourth-order valence-electron chi connectivity index (χ4n) is 0.983. The Morgan fingerprint density at radius 3 is 2.50 bits per heavy atom. The van der Waals surface area contributed by atoms with E-state index in [9.17, 15) is 4.79 Å². The van der Waals surface area contributed by atoms with Crippen molar-refractivity contribution in [2.75, 3.05) is 6.61 Å². The summed E-state index contributed by atoms with van der Waals surface area (Å²) in [6.45, 7) is 6.44. The van der Waals surface area contributed by atoms with Gasteiger partial charge in [0.05, 0.1) is 6.61 Å². The molecule has 0 radical (unpaired) electrons. The molecule has 0 rings (SSSR count). The summed E-state index contributed by atoms with van der Waals surface area (Å²) in [6, 6.07) is 0. The highest BCUT2D eigenvalue weighted by molar-refractivity contribution is 5.69. The number of carbonyl (C=O) groups is 1. The summed E-state index contributed by atoms with van der Waals surface area (Å²) in [7, 11) is 0. The molecule has 2 nitrogen and oxygen atoms in total. The van der Waals surface area contributed by atoms with E-state index in [1.165, 1.54) is 5.57 Å². The van der Waals surface area contributed by atoms with Gasteiger partial charge in [0.1, 0.15) is 0 Å². The average Bonchev–Trinajstić information content (AvgIpc) is 2.02. The molecule has 0 unspecified atom stereocenters. The zero-order valence-electron chi connectivity index (χ0n) is 8.22. The molecule has 0 saturated heterocycles. The number of carbonyl (C=O) groups excluding carboxylic acids is 1. The lowest BCUT2D eigenvalue weighted by Crippen LogP contribution is -2.03. The Morgan fingerprint density at radius 2 is 2.00 bits per heavy atom. The topological polar surface area (TPSA) is 26.3 Å². The minimum Gasteiger partial charge on any atom is -0.466 e. The first-order valence-electron chi connectivity index (χ1n) is 4.52. The summed E-state index contributed by atoms with van der Waals surface area (Å²) < 4.78 is 4.80. The second-order valence-corrected chi connectivity index (χ2v) is 2.76. The molecule has 0 saturated carbocycles. The van der Waals surface area contributed by atoms with Crippen LogP contribution >= 0.6 is 0 Å². The monoisotopic (exact) mass is 170 g/mol. The summed E-state index contributed by atoms with van der Waals surface area (Å²) in [6.07, 6.45) is 4.51. The highest BCUT2D eigenvalue weighted by atomic mass is 16.5. The Morgan fingerprint density at radius 1 is 1.33 bits per heavy atom. The lowest BCUT2D eigenvalue weighted by molar-refractivity contribution is -0.143. The Labute approximate surface area is 74.6 Å². The van der Waals surface area contributed by atoms with E-state index >= 15 is 0 Å². The maximum Gasteiger partial charge on any atom is 0.306 e. The molecule has 0 N–H and O–H groups in total. The smallest absolute Gasteiger partial charge is 0.306 e.